The lowest BCUT2D eigenvalue weighted by Gasteiger charge is -2.23. The average molecular weight is 342 g/mol. The van der Waals surface area contributed by atoms with Crippen molar-refractivity contribution in [3.63, 3.8) is 0 Å². The molecule has 0 spiro atoms. The van der Waals surface area contributed by atoms with Crippen molar-refractivity contribution in [2.45, 2.75) is 45.7 Å². The third kappa shape index (κ3) is 3.87. The highest BCUT2D eigenvalue weighted by Crippen LogP contribution is 2.32. The van der Waals surface area contributed by atoms with Crippen LogP contribution in [0.1, 0.15) is 60.2 Å². The van der Waals surface area contributed by atoms with Crippen LogP contribution in [-0.2, 0) is 17.8 Å². The monoisotopic (exact) mass is 342 g/mol. The van der Waals surface area contributed by atoms with Crippen molar-refractivity contribution < 1.29 is 14.1 Å². The molecule has 1 N–H and O–H groups in total. The third-order valence-electron chi connectivity index (χ3n) is 4.38. The number of aromatic nitrogens is 2. The maximum Gasteiger partial charge on any atom is 0.293 e. The van der Waals surface area contributed by atoms with E-state index < -0.39 is 0 Å². The van der Waals surface area contributed by atoms with Gasteiger partial charge in [-0.25, -0.2) is 0 Å². The molecular formula is C18H22N4O3. The van der Waals surface area contributed by atoms with E-state index in [2.05, 4.69) is 15.5 Å². The Balaban J connectivity index is 1.72. The van der Waals surface area contributed by atoms with Crippen LogP contribution < -0.4 is 5.32 Å². The molecule has 1 aliphatic rings. The number of hydrogen-bond acceptors (Lipinski definition) is 5. The van der Waals surface area contributed by atoms with Crippen LogP contribution in [-0.4, -0.2) is 33.4 Å². The van der Waals surface area contributed by atoms with Crippen LogP contribution in [0.3, 0.4) is 0 Å². The molecule has 7 heteroatoms. The maximum atomic E-state index is 12.7. The van der Waals surface area contributed by atoms with E-state index in [4.69, 9.17) is 4.52 Å². The van der Waals surface area contributed by atoms with Crippen molar-refractivity contribution in [2.24, 2.45) is 0 Å². The van der Waals surface area contributed by atoms with Gasteiger partial charge in [0.2, 0.25) is 11.7 Å². The molecule has 1 saturated heterocycles. The molecule has 1 atom stereocenters. The summed E-state index contributed by atoms with van der Waals surface area (Å²) in [5, 5.41) is 6.64. The van der Waals surface area contributed by atoms with Crippen molar-refractivity contribution in [1.82, 2.24) is 20.4 Å². The zero-order valence-corrected chi connectivity index (χ0v) is 14.5. The van der Waals surface area contributed by atoms with Crippen LogP contribution in [0.5, 0.6) is 0 Å². The molecule has 0 aromatic carbocycles. The number of carbonyl (C=O) groups is 2. The number of nitrogens with one attached hydrogen (secondary N) is 1. The van der Waals surface area contributed by atoms with Gasteiger partial charge >= 0.3 is 0 Å². The number of hydrogen-bond donors (Lipinski definition) is 1. The van der Waals surface area contributed by atoms with Gasteiger partial charge in [0, 0.05) is 32.3 Å². The standard InChI is InChI=1S/C18H22N4O3/c1-3-14-9-17(25-21-14)18(24)22-8-4-5-16(22)15-7-6-13(11-20-15)10-19-12(2)23/h6-7,9,11,16H,3-5,8,10H2,1-2H3,(H,19,23)/t16-/m1/s1. The van der Waals surface area contributed by atoms with Crippen LogP contribution in [0, 0.1) is 0 Å². The third-order valence-corrected chi connectivity index (χ3v) is 4.38. The van der Waals surface area contributed by atoms with E-state index in [1.54, 1.807) is 17.2 Å². The number of amides is 2. The largest absolute Gasteiger partial charge is 0.352 e. The Morgan fingerprint density at radius 2 is 2.24 bits per heavy atom. The molecule has 7 nitrogen and oxygen atoms in total. The van der Waals surface area contributed by atoms with E-state index >= 15 is 0 Å². The summed E-state index contributed by atoms with van der Waals surface area (Å²) in [7, 11) is 0. The fourth-order valence-electron chi connectivity index (χ4n) is 3.00. The maximum absolute atomic E-state index is 12.7. The van der Waals surface area contributed by atoms with Gasteiger partial charge in [0.1, 0.15) is 0 Å². The van der Waals surface area contributed by atoms with Crippen LogP contribution in [0.2, 0.25) is 0 Å². The van der Waals surface area contributed by atoms with Crippen molar-refractivity contribution in [2.75, 3.05) is 6.54 Å². The van der Waals surface area contributed by atoms with Gasteiger partial charge in [0.25, 0.3) is 5.91 Å². The fraction of sp³-hybridized carbons (Fsp3) is 0.444. The number of pyridine rings is 1. The number of aryl methyl sites for hydroxylation is 1. The molecule has 0 bridgehead atoms. The fourth-order valence-corrected chi connectivity index (χ4v) is 3.00. The lowest BCUT2D eigenvalue weighted by molar-refractivity contribution is -0.119. The summed E-state index contributed by atoms with van der Waals surface area (Å²) in [6, 6.07) is 5.51. The Labute approximate surface area is 146 Å². The highest BCUT2D eigenvalue weighted by atomic mass is 16.5. The molecule has 0 saturated carbocycles. The molecule has 25 heavy (non-hydrogen) atoms. The van der Waals surface area contributed by atoms with Gasteiger partial charge in [0.15, 0.2) is 0 Å². The lowest BCUT2D eigenvalue weighted by atomic mass is 10.1. The molecule has 1 fully saturated rings. The van der Waals surface area contributed by atoms with Crippen LogP contribution in [0.4, 0.5) is 0 Å². The van der Waals surface area contributed by atoms with E-state index in [9.17, 15) is 9.59 Å². The molecule has 3 rings (SSSR count). The second-order valence-electron chi connectivity index (χ2n) is 6.19. The molecule has 0 unspecified atom stereocenters. The number of rotatable bonds is 5. The Bertz CT molecular complexity index is 754. The summed E-state index contributed by atoms with van der Waals surface area (Å²) in [4.78, 5) is 30.0. The van der Waals surface area contributed by atoms with E-state index in [0.29, 0.717) is 13.1 Å². The van der Waals surface area contributed by atoms with Crippen LogP contribution >= 0.6 is 0 Å². The molecule has 0 aliphatic carbocycles. The van der Waals surface area contributed by atoms with Crippen molar-refractivity contribution in [1.29, 1.82) is 0 Å². The predicted molar refractivity (Wildman–Crippen MR) is 90.7 cm³/mol. The minimum absolute atomic E-state index is 0.0579. The van der Waals surface area contributed by atoms with Gasteiger partial charge in [-0.1, -0.05) is 18.1 Å². The van der Waals surface area contributed by atoms with Gasteiger partial charge in [-0.05, 0) is 30.9 Å². The first-order chi connectivity index (χ1) is 12.1. The molecule has 0 radical (unpaired) electrons. The quantitative estimate of drug-likeness (QED) is 0.900. The summed E-state index contributed by atoms with van der Waals surface area (Å²) in [5.74, 6) is 0.0694. The molecule has 3 heterocycles. The Hall–Kier alpha value is -2.70. The first kappa shape index (κ1) is 17.1. The smallest absolute Gasteiger partial charge is 0.293 e. The minimum atomic E-state index is -0.140. The molecular weight excluding hydrogens is 320 g/mol. The average Bonchev–Trinajstić information content (AvgIpc) is 3.29. The predicted octanol–water partition coefficient (Wildman–Crippen LogP) is 2.25. The molecule has 2 aromatic heterocycles. The Morgan fingerprint density at radius 3 is 2.88 bits per heavy atom. The Morgan fingerprint density at radius 1 is 1.40 bits per heavy atom. The zero-order chi connectivity index (χ0) is 17.8. The Kier molecular flexibility index (Phi) is 5.11. The van der Waals surface area contributed by atoms with E-state index in [1.807, 2.05) is 19.1 Å². The summed E-state index contributed by atoms with van der Waals surface area (Å²) >= 11 is 0. The van der Waals surface area contributed by atoms with Gasteiger partial charge < -0.3 is 14.7 Å². The van der Waals surface area contributed by atoms with E-state index in [0.717, 1.165) is 36.2 Å². The van der Waals surface area contributed by atoms with Gasteiger partial charge in [-0.3, -0.25) is 14.6 Å². The van der Waals surface area contributed by atoms with Crippen LogP contribution in [0.15, 0.2) is 28.9 Å². The molecule has 132 valence electrons. The number of likely N-dealkylation sites (tertiary alicyclic amines) is 1. The van der Waals surface area contributed by atoms with Crippen molar-refractivity contribution >= 4 is 11.8 Å². The normalized spacial score (nSPS) is 16.9. The van der Waals surface area contributed by atoms with Crippen molar-refractivity contribution in [3.8, 4) is 0 Å². The zero-order valence-electron chi connectivity index (χ0n) is 14.5. The lowest BCUT2D eigenvalue weighted by Crippen LogP contribution is -2.30. The van der Waals surface area contributed by atoms with E-state index in [1.165, 1.54) is 6.92 Å². The second kappa shape index (κ2) is 7.46. The summed E-state index contributed by atoms with van der Waals surface area (Å²) in [6.07, 6.45) is 4.28. The van der Waals surface area contributed by atoms with Gasteiger partial charge in [-0.15, -0.1) is 0 Å². The second-order valence-corrected chi connectivity index (χ2v) is 6.19. The summed E-state index contributed by atoms with van der Waals surface area (Å²) in [6.45, 7) is 4.59. The number of carbonyl (C=O) groups excluding carboxylic acids is 2. The highest BCUT2D eigenvalue weighted by Gasteiger charge is 2.33. The molecule has 2 amide bonds. The summed E-state index contributed by atoms with van der Waals surface area (Å²) < 4.78 is 5.19. The topological polar surface area (TPSA) is 88.3 Å². The first-order valence-electron chi connectivity index (χ1n) is 8.54. The first-order valence-corrected chi connectivity index (χ1v) is 8.54. The van der Waals surface area contributed by atoms with Gasteiger partial charge in [0.05, 0.1) is 17.4 Å². The van der Waals surface area contributed by atoms with Gasteiger partial charge in [-0.2, -0.15) is 0 Å². The SMILES string of the molecule is CCc1cc(C(=O)N2CCC[C@@H]2c2ccc(CNC(C)=O)cn2)on1. The molecule has 2 aromatic rings. The highest BCUT2D eigenvalue weighted by molar-refractivity contribution is 5.92. The van der Waals surface area contributed by atoms with Crippen LogP contribution in [0.25, 0.3) is 0 Å². The number of nitrogens with zero attached hydrogens (tertiary/aromatic N) is 3. The van der Waals surface area contributed by atoms with Crippen molar-refractivity contribution in [3.05, 3.63) is 47.1 Å². The minimum Gasteiger partial charge on any atom is -0.352 e. The molecule has 1 aliphatic heterocycles. The van der Waals surface area contributed by atoms with E-state index in [-0.39, 0.29) is 23.6 Å². The summed E-state index contributed by atoms with van der Waals surface area (Å²) in [5.41, 5.74) is 2.56.